The molecule has 1 N–H and O–H groups in total. The van der Waals surface area contributed by atoms with E-state index in [9.17, 15) is 14.0 Å². The number of halogens is 1. The lowest BCUT2D eigenvalue weighted by Crippen LogP contribution is -2.35. The Labute approximate surface area is 163 Å². The average molecular weight is 386 g/mol. The molecule has 2 aromatic carbocycles. The zero-order valence-corrected chi connectivity index (χ0v) is 16.1. The number of ether oxygens (including phenoxy) is 2. The van der Waals surface area contributed by atoms with Crippen molar-refractivity contribution in [3.8, 4) is 11.5 Å². The molecule has 0 radical (unpaired) electrons. The number of carbonyl (C=O) groups excluding carboxylic acids is 2. The van der Waals surface area contributed by atoms with Gasteiger partial charge in [0.15, 0.2) is 0 Å². The molecule has 3 rings (SSSR count). The summed E-state index contributed by atoms with van der Waals surface area (Å²) < 4.78 is 24.5. The van der Waals surface area contributed by atoms with E-state index in [1.54, 1.807) is 43.3 Å². The Balaban J connectivity index is 1.74. The van der Waals surface area contributed by atoms with Crippen molar-refractivity contribution in [3.05, 3.63) is 53.8 Å². The summed E-state index contributed by atoms with van der Waals surface area (Å²) in [6.07, 6.45) is 0.0796. The van der Waals surface area contributed by atoms with Crippen LogP contribution in [0.5, 0.6) is 11.5 Å². The van der Waals surface area contributed by atoms with E-state index in [-0.39, 0.29) is 30.6 Å². The maximum Gasteiger partial charge on any atom is 0.227 e. The van der Waals surface area contributed by atoms with Gasteiger partial charge in [-0.3, -0.25) is 9.59 Å². The highest BCUT2D eigenvalue weighted by Gasteiger charge is 2.37. The molecule has 0 bridgehead atoms. The van der Waals surface area contributed by atoms with Crippen LogP contribution in [0.15, 0.2) is 42.5 Å². The summed E-state index contributed by atoms with van der Waals surface area (Å²) in [5.74, 6) is -0.253. The second kappa shape index (κ2) is 8.29. The van der Waals surface area contributed by atoms with Crippen LogP contribution in [0.3, 0.4) is 0 Å². The highest BCUT2D eigenvalue weighted by atomic mass is 19.1. The molecule has 7 heteroatoms. The monoisotopic (exact) mass is 386 g/mol. The summed E-state index contributed by atoms with van der Waals surface area (Å²) in [4.78, 5) is 26.8. The minimum absolute atomic E-state index is 0.0796. The molecule has 1 aliphatic heterocycles. The minimum Gasteiger partial charge on any atom is -0.497 e. The normalized spacial score (nSPS) is 17.4. The summed E-state index contributed by atoms with van der Waals surface area (Å²) in [5.41, 5.74) is 0.968. The summed E-state index contributed by atoms with van der Waals surface area (Å²) in [7, 11) is 3.06. The van der Waals surface area contributed by atoms with Gasteiger partial charge in [-0.2, -0.15) is 0 Å². The Hall–Kier alpha value is -3.09. The third-order valence-electron chi connectivity index (χ3n) is 4.90. The van der Waals surface area contributed by atoms with Crippen molar-refractivity contribution >= 4 is 17.5 Å². The molecule has 1 saturated heterocycles. The summed E-state index contributed by atoms with van der Waals surface area (Å²) in [6.45, 7) is 1.94. The highest BCUT2D eigenvalue weighted by molar-refractivity contribution is 6.01. The number of nitrogens with zero attached hydrogens (tertiary/aromatic N) is 1. The first kappa shape index (κ1) is 19.7. The van der Waals surface area contributed by atoms with Crippen LogP contribution in [0.25, 0.3) is 0 Å². The predicted octanol–water partition coefficient (Wildman–Crippen LogP) is 3.07. The van der Waals surface area contributed by atoms with E-state index in [1.165, 1.54) is 25.2 Å². The van der Waals surface area contributed by atoms with Crippen LogP contribution in [0.1, 0.15) is 24.9 Å². The Bertz CT molecular complexity index is 886. The third-order valence-corrected chi connectivity index (χ3v) is 4.90. The Morgan fingerprint density at radius 3 is 2.64 bits per heavy atom. The quantitative estimate of drug-likeness (QED) is 0.829. The molecule has 1 aliphatic rings. The van der Waals surface area contributed by atoms with Crippen LogP contribution in [0, 0.1) is 11.7 Å². The van der Waals surface area contributed by atoms with Gasteiger partial charge in [-0.05, 0) is 25.1 Å². The molecule has 148 valence electrons. The largest absolute Gasteiger partial charge is 0.497 e. The van der Waals surface area contributed by atoms with Crippen LogP contribution in [0.2, 0.25) is 0 Å². The number of hydrogen-bond acceptors (Lipinski definition) is 4. The number of anilines is 1. The molecule has 2 aromatic rings. The topological polar surface area (TPSA) is 67.9 Å². The van der Waals surface area contributed by atoms with Crippen molar-refractivity contribution < 1.29 is 23.5 Å². The smallest absolute Gasteiger partial charge is 0.227 e. The molecule has 2 amide bonds. The zero-order valence-electron chi connectivity index (χ0n) is 16.1. The van der Waals surface area contributed by atoms with Crippen LogP contribution < -0.4 is 19.7 Å². The van der Waals surface area contributed by atoms with Gasteiger partial charge in [0.1, 0.15) is 17.3 Å². The Morgan fingerprint density at radius 2 is 1.96 bits per heavy atom. The lowest BCUT2D eigenvalue weighted by Gasteiger charge is -2.21. The lowest BCUT2D eigenvalue weighted by atomic mass is 10.0. The van der Waals surface area contributed by atoms with Crippen LogP contribution in [0.4, 0.5) is 10.1 Å². The van der Waals surface area contributed by atoms with Crippen molar-refractivity contribution in [1.29, 1.82) is 0 Å². The fraction of sp³-hybridized carbons (Fsp3) is 0.333. The van der Waals surface area contributed by atoms with Gasteiger partial charge in [-0.15, -0.1) is 0 Å². The standard InChI is InChI=1S/C21H23FN2O4/c1-13(16-6-4-5-7-17(16)22)23-21(26)14-10-20(25)24(12-14)18-11-15(27-2)8-9-19(18)28-3/h4-9,11,13-14H,10,12H2,1-3H3,(H,23,26). The molecule has 2 unspecified atom stereocenters. The zero-order chi connectivity index (χ0) is 20.3. The van der Waals surface area contributed by atoms with E-state index in [1.807, 2.05) is 0 Å². The molecule has 0 saturated carbocycles. The van der Waals surface area contributed by atoms with E-state index in [2.05, 4.69) is 5.32 Å². The van der Waals surface area contributed by atoms with Crippen molar-refractivity contribution in [1.82, 2.24) is 5.32 Å². The number of nitrogens with one attached hydrogen (secondary N) is 1. The maximum atomic E-state index is 13.9. The van der Waals surface area contributed by atoms with E-state index < -0.39 is 12.0 Å². The summed E-state index contributed by atoms with van der Waals surface area (Å²) >= 11 is 0. The van der Waals surface area contributed by atoms with Gasteiger partial charge in [0.25, 0.3) is 0 Å². The number of methoxy groups -OCH3 is 2. The molecule has 6 nitrogen and oxygen atoms in total. The average Bonchev–Trinajstić information content (AvgIpc) is 3.09. The minimum atomic E-state index is -0.530. The van der Waals surface area contributed by atoms with Crippen molar-refractivity contribution in [2.45, 2.75) is 19.4 Å². The lowest BCUT2D eigenvalue weighted by molar-refractivity contribution is -0.126. The number of hydrogen-bond donors (Lipinski definition) is 1. The van der Waals surface area contributed by atoms with Gasteiger partial charge >= 0.3 is 0 Å². The van der Waals surface area contributed by atoms with Crippen LogP contribution in [-0.2, 0) is 9.59 Å². The maximum absolute atomic E-state index is 13.9. The van der Waals surface area contributed by atoms with Gasteiger partial charge in [0.2, 0.25) is 11.8 Å². The van der Waals surface area contributed by atoms with E-state index in [0.717, 1.165) is 0 Å². The highest BCUT2D eigenvalue weighted by Crippen LogP contribution is 2.36. The molecule has 1 fully saturated rings. The molecule has 0 spiro atoms. The van der Waals surface area contributed by atoms with E-state index >= 15 is 0 Å². The second-order valence-electron chi connectivity index (χ2n) is 6.69. The third kappa shape index (κ3) is 3.93. The van der Waals surface area contributed by atoms with Crippen LogP contribution in [-0.4, -0.2) is 32.6 Å². The summed E-state index contributed by atoms with van der Waals surface area (Å²) in [6, 6.07) is 11.0. The Kier molecular flexibility index (Phi) is 5.82. The SMILES string of the molecule is COc1ccc(OC)c(N2CC(C(=O)NC(C)c3ccccc3F)CC2=O)c1. The van der Waals surface area contributed by atoms with Gasteiger partial charge < -0.3 is 19.7 Å². The molecular formula is C21H23FN2O4. The number of amides is 2. The first-order chi connectivity index (χ1) is 13.4. The molecule has 1 heterocycles. The van der Waals surface area contributed by atoms with Gasteiger partial charge in [-0.25, -0.2) is 4.39 Å². The van der Waals surface area contributed by atoms with E-state index in [4.69, 9.17) is 9.47 Å². The fourth-order valence-corrected chi connectivity index (χ4v) is 3.36. The fourth-order valence-electron chi connectivity index (χ4n) is 3.36. The van der Waals surface area contributed by atoms with Crippen LogP contribution >= 0.6 is 0 Å². The first-order valence-electron chi connectivity index (χ1n) is 9.01. The molecule has 0 aromatic heterocycles. The number of rotatable bonds is 6. The first-order valence-corrected chi connectivity index (χ1v) is 9.01. The molecule has 28 heavy (non-hydrogen) atoms. The van der Waals surface area contributed by atoms with E-state index in [0.29, 0.717) is 22.7 Å². The van der Waals surface area contributed by atoms with Gasteiger partial charge in [-0.1, -0.05) is 18.2 Å². The molecular weight excluding hydrogens is 363 g/mol. The predicted molar refractivity (Wildman–Crippen MR) is 103 cm³/mol. The Morgan fingerprint density at radius 1 is 1.21 bits per heavy atom. The van der Waals surface area contributed by atoms with Crippen molar-refractivity contribution in [2.75, 3.05) is 25.7 Å². The number of carbonyl (C=O) groups is 2. The van der Waals surface area contributed by atoms with Gasteiger partial charge in [0.05, 0.1) is 31.9 Å². The second-order valence-corrected chi connectivity index (χ2v) is 6.69. The van der Waals surface area contributed by atoms with Crippen molar-refractivity contribution in [3.63, 3.8) is 0 Å². The van der Waals surface area contributed by atoms with Crippen molar-refractivity contribution in [2.24, 2.45) is 5.92 Å². The summed E-state index contributed by atoms with van der Waals surface area (Å²) in [5, 5.41) is 2.81. The molecule has 2 atom stereocenters. The number of benzene rings is 2. The van der Waals surface area contributed by atoms with Gasteiger partial charge in [0, 0.05) is 24.6 Å². The molecule has 0 aliphatic carbocycles.